The fourth-order valence-electron chi connectivity index (χ4n) is 1.73. The molecule has 5 heteroatoms. The van der Waals surface area contributed by atoms with E-state index in [0.29, 0.717) is 27.8 Å². The number of amides is 1. The molecule has 0 bridgehead atoms. The quantitative estimate of drug-likeness (QED) is 0.936. The maximum absolute atomic E-state index is 12.1. The van der Waals surface area contributed by atoms with E-state index in [1.807, 2.05) is 6.07 Å². The van der Waals surface area contributed by atoms with Crippen molar-refractivity contribution < 1.29 is 14.3 Å². The Hall–Kier alpha value is -2.20. The van der Waals surface area contributed by atoms with Crippen molar-refractivity contribution in [2.24, 2.45) is 0 Å². The molecule has 0 saturated carbocycles. The minimum atomic E-state index is -0.236. The highest BCUT2D eigenvalue weighted by atomic mass is 35.5. The summed E-state index contributed by atoms with van der Waals surface area (Å²) in [6.45, 7) is 0. The summed E-state index contributed by atoms with van der Waals surface area (Å²) in [6.07, 6.45) is 0. The Morgan fingerprint density at radius 1 is 1.05 bits per heavy atom. The van der Waals surface area contributed by atoms with Gasteiger partial charge in [0.05, 0.1) is 24.9 Å². The number of halogens is 1. The van der Waals surface area contributed by atoms with E-state index in [2.05, 4.69) is 5.32 Å². The van der Waals surface area contributed by atoms with Gasteiger partial charge in [-0.15, -0.1) is 0 Å². The summed E-state index contributed by atoms with van der Waals surface area (Å²) in [6, 6.07) is 12.1. The normalized spacial score (nSPS) is 9.95. The lowest BCUT2D eigenvalue weighted by Gasteiger charge is -2.12. The average molecular weight is 292 g/mol. The summed E-state index contributed by atoms with van der Waals surface area (Å²) in [5.74, 6) is 0.773. The van der Waals surface area contributed by atoms with Crippen LogP contribution in [0, 0.1) is 0 Å². The number of anilines is 1. The predicted molar refractivity (Wildman–Crippen MR) is 79.0 cm³/mol. The lowest BCUT2D eigenvalue weighted by molar-refractivity contribution is 0.102. The number of carbonyl (C=O) groups is 1. The summed E-state index contributed by atoms with van der Waals surface area (Å²) >= 11 is 6.12. The van der Waals surface area contributed by atoms with Crippen molar-refractivity contribution in [1.82, 2.24) is 0 Å². The molecular weight excluding hydrogens is 278 g/mol. The van der Waals surface area contributed by atoms with Crippen LogP contribution in [-0.2, 0) is 0 Å². The second-order valence-electron chi connectivity index (χ2n) is 4.01. The number of hydrogen-bond acceptors (Lipinski definition) is 3. The van der Waals surface area contributed by atoms with Crippen LogP contribution in [0.15, 0.2) is 42.5 Å². The summed E-state index contributed by atoms with van der Waals surface area (Å²) in [7, 11) is 3.05. The molecule has 0 fully saturated rings. The number of hydrogen-bond donors (Lipinski definition) is 1. The van der Waals surface area contributed by atoms with Crippen molar-refractivity contribution in [3.05, 3.63) is 53.1 Å². The van der Waals surface area contributed by atoms with E-state index in [9.17, 15) is 4.79 Å². The molecule has 0 aliphatic carbocycles. The van der Waals surface area contributed by atoms with Gasteiger partial charge >= 0.3 is 0 Å². The first-order valence-electron chi connectivity index (χ1n) is 5.93. The smallest absolute Gasteiger partial charge is 0.255 e. The van der Waals surface area contributed by atoms with Gasteiger partial charge in [-0.05, 0) is 12.1 Å². The zero-order valence-electron chi connectivity index (χ0n) is 11.1. The zero-order valence-corrected chi connectivity index (χ0v) is 11.9. The Bertz CT molecular complexity index is 614. The van der Waals surface area contributed by atoms with Crippen LogP contribution in [0.1, 0.15) is 10.4 Å². The first-order valence-corrected chi connectivity index (χ1v) is 6.31. The van der Waals surface area contributed by atoms with E-state index in [1.165, 1.54) is 14.2 Å². The molecule has 0 saturated heterocycles. The largest absolute Gasteiger partial charge is 0.493 e. The topological polar surface area (TPSA) is 47.6 Å². The minimum Gasteiger partial charge on any atom is -0.493 e. The highest BCUT2D eigenvalue weighted by Crippen LogP contribution is 2.36. The molecule has 0 unspecified atom stereocenters. The fraction of sp³-hybridized carbons (Fsp3) is 0.133. The van der Waals surface area contributed by atoms with E-state index in [1.54, 1.807) is 36.4 Å². The van der Waals surface area contributed by atoms with Crippen molar-refractivity contribution in [2.75, 3.05) is 19.5 Å². The molecule has 2 aromatic rings. The Kier molecular flexibility index (Phi) is 4.48. The predicted octanol–water partition coefficient (Wildman–Crippen LogP) is 3.61. The Labute approximate surface area is 122 Å². The number of benzene rings is 2. The van der Waals surface area contributed by atoms with E-state index >= 15 is 0 Å². The average Bonchev–Trinajstić information content (AvgIpc) is 2.49. The van der Waals surface area contributed by atoms with Crippen LogP contribution in [0.2, 0.25) is 5.02 Å². The minimum absolute atomic E-state index is 0.236. The van der Waals surface area contributed by atoms with Crippen LogP contribution >= 0.6 is 11.6 Å². The van der Waals surface area contributed by atoms with Crippen molar-refractivity contribution in [1.29, 1.82) is 0 Å². The molecule has 0 aliphatic rings. The SMILES string of the molecule is COc1cc(Cl)c(NC(=O)c2ccccc2)cc1OC. The van der Waals surface area contributed by atoms with Gasteiger partial charge in [0.15, 0.2) is 11.5 Å². The molecule has 0 spiro atoms. The first kappa shape index (κ1) is 14.2. The molecule has 0 aromatic heterocycles. The molecule has 2 aromatic carbocycles. The van der Waals surface area contributed by atoms with Crippen molar-refractivity contribution in [3.63, 3.8) is 0 Å². The Balaban J connectivity index is 2.28. The molecule has 4 nitrogen and oxygen atoms in total. The molecule has 1 N–H and O–H groups in total. The third kappa shape index (κ3) is 3.03. The van der Waals surface area contributed by atoms with Gasteiger partial charge in [0, 0.05) is 17.7 Å². The second-order valence-corrected chi connectivity index (χ2v) is 4.41. The molecule has 0 aliphatic heterocycles. The fourth-order valence-corrected chi connectivity index (χ4v) is 1.93. The molecule has 104 valence electrons. The highest BCUT2D eigenvalue weighted by molar-refractivity contribution is 6.34. The van der Waals surface area contributed by atoms with Crippen LogP contribution in [-0.4, -0.2) is 20.1 Å². The lowest BCUT2D eigenvalue weighted by atomic mass is 10.2. The lowest BCUT2D eigenvalue weighted by Crippen LogP contribution is -2.12. The number of carbonyl (C=O) groups excluding carboxylic acids is 1. The third-order valence-corrected chi connectivity index (χ3v) is 3.07. The van der Waals surface area contributed by atoms with Gasteiger partial charge in [0.2, 0.25) is 0 Å². The third-order valence-electron chi connectivity index (χ3n) is 2.76. The summed E-state index contributed by atoms with van der Waals surface area (Å²) in [4.78, 5) is 12.1. The van der Waals surface area contributed by atoms with E-state index in [0.717, 1.165) is 0 Å². The molecule has 2 rings (SSSR count). The van der Waals surface area contributed by atoms with Gasteiger partial charge in [-0.3, -0.25) is 4.79 Å². The van der Waals surface area contributed by atoms with Gasteiger partial charge in [0.25, 0.3) is 5.91 Å². The van der Waals surface area contributed by atoms with Gasteiger partial charge < -0.3 is 14.8 Å². The standard InChI is InChI=1S/C15H14ClNO3/c1-19-13-8-11(16)12(9-14(13)20-2)17-15(18)10-6-4-3-5-7-10/h3-9H,1-2H3,(H,17,18). The monoisotopic (exact) mass is 291 g/mol. The summed E-state index contributed by atoms with van der Waals surface area (Å²) in [5.41, 5.74) is 1.02. The van der Waals surface area contributed by atoms with Crippen LogP contribution in [0.5, 0.6) is 11.5 Å². The van der Waals surface area contributed by atoms with Crippen molar-refractivity contribution in [2.45, 2.75) is 0 Å². The molecule has 1 amide bonds. The van der Waals surface area contributed by atoms with E-state index in [4.69, 9.17) is 21.1 Å². The van der Waals surface area contributed by atoms with Crippen LogP contribution in [0.4, 0.5) is 5.69 Å². The van der Waals surface area contributed by atoms with Crippen LogP contribution in [0.3, 0.4) is 0 Å². The maximum Gasteiger partial charge on any atom is 0.255 e. The van der Waals surface area contributed by atoms with Gasteiger partial charge in [-0.25, -0.2) is 0 Å². The maximum atomic E-state index is 12.1. The van der Waals surface area contributed by atoms with E-state index in [-0.39, 0.29) is 5.91 Å². The van der Waals surface area contributed by atoms with Crippen LogP contribution in [0.25, 0.3) is 0 Å². The molecule has 20 heavy (non-hydrogen) atoms. The molecule has 0 heterocycles. The summed E-state index contributed by atoms with van der Waals surface area (Å²) in [5, 5.41) is 3.13. The van der Waals surface area contributed by atoms with Crippen LogP contribution < -0.4 is 14.8 Å². The zero-order chi connectivity index (χ0) is 14.5. The van der Waals surface area contributed by atoms with E-state index < -0.39 is 0 Å². The second kappa shape index (κ2) is 6.30. The first-order chi connectivity index (χ1) is 9.65. The molecule has 0 radical (unpaired) electrons. The number of ether oxygens (including phenoxy) is 2. The number of methoxy groups -OCH3 is 2. The van der Waals surface area contributed by atoms with Gasteiger partial charge in [-0.1, -0.05) is 29.8 Å². The Morgan fingerprint density at radius 2 is 1.65 bits per heavy atom. The number of nitrogens with one attached hydrogen (secondary N) is 1. The molecular formula is C15H14ClNO3. The van der Waals surface area contributed by atoms with Gasteiger partial charge in [0.1, 0.15) is 0 Å². The highest BCUT2D eigenvalue weighted by Gasteiger charge is 2.13. The summed E-state index contributed by atoms with van der Waals surface area (Å²) < 4.78 is 10.3. The van der Waals surface area contributed by atoms with Gasteiger partial charge in [-0.2, -0.15) is 0 Å². The molecule has 0 atom stereocenters. The van der Waals surface area contributed by atoms with Crippen molar-refractivity contribution in [3.8, 4) is 11.5 Å². The van der Waals surface area contributed by atoms with Crippen molar-refractivity contribution >= 4 is 23.2 Å². The Morgan fingerprint density at radius 3 is 2.25 bits per heavy atom. The number of rotatable bonds is 4.